The molecule has 1 aliphatic rings. The van der Waals surface area contributed by atoms with Crippen molar-refractivity contribution in [1.82, 2.24) is 20.1 Å². The van der Waals surface area contributed by atoms with Gasteiger partial charge in [-0.2, -0.15) is 10.1 Å². The van der Waals surface area contributed by atoms with Gasteiger partial charge in [0.25, 0.3) is 5.91 Å². The maximum absolute atomic E-state index is 12.3. The molecule has 3 aromatic heterocycles. The Balaban J connectivity index is 1.30. The molecule has 1 amide bonds. The molecule has 8 heteroatoms. The fraction of sp³-hybridized carbons (Fsp3) is 0.286. The molecule has 0 radical (unpaired) electrons. The number of para-hydroxylation sites is 1. The van der Waals surface area contributed by atoms with Gasteiger partial charge in [-0.05, 0) is 43.3 Å². The molecule has 0 spiro atoms. The number of carbonyl (C=O) groups is 1. The second-order valence-corrected chi connectivity index (χ2v) is 9.12. The van der Waals surface area contributed by atoms with Crippen LogP contribution in [-0.2, 0) is 0 Å². The highest BCUT2D eigenvalue weighted by Gasteiger charge is 2.25. The van der Waals surface area contributed by atoms with Crippen LogP contribution < -0.4 is 10.2 Å². The minimum Gasteiger partial charge on any atom is -0.348 e. The Kier molecular flexibility index (Phi) is 4.81. The number of anilines is 1. The quantitative estimate of drug-likeness (QED) is 0.533. The van der Waals surface area contributed by atoms with E-state index in [4.69, 9.17) is 4.98 Å². The summed E-state index contributed by atoms with van der Waals surface area (Å²) in [7, 11) is 0. The zero-order chi connectivity index (χ0) is 19.8. The van der Waals surface area contributed by atoms with E-state index in [9.17, 15) is 4.79 Å². The molecule has 0 bridgehead atoms. The van der Waals surface area contributed by atoms with E-state index in [1.54, 1.807) is 11.3 Å². The smallest absolute Gasteiger partial charge is 0.261 e. The summed E-state index contributed by atoms with van der Waals surface area (Å²) < 4.78 is 3.07. The monoisotopic (exact) mass is 423 g/mol. The lowest BCUT2D eigenvalue weighted by atomic mass is 10.1. The van der Waals surface area contributed by atoms with Crippen LogP contribution in [0.3, 0.4) is 0 Å². The molecule has 5 rings (SSSR count). The number of hydrogen-bond donors (Lipinski definition) is 1. The number of carbonyl (C=O) groups excluding carboxylic acids is 1. The molecule has 0 atom stereocenters. The molecule has 0 saturated carbocycles. The van der Waals surface area contributed by atoms with Crippen LogP contribution in [0.2, 0.25) is 0 Å². The standard InChI is InChI=1S/C21H21N5OS2/c1-14-18-19(26(24-14)16-6-3-2-4-7-16)23-21(29-18)25-11-9-15(10-12-25)22-20(27)17-8-5-13-28-17/h2-8,13,15H,9-12H2,1H3,(H,22,27). The zero-order valence-electron chi connectivity index (χ0n) is 16.0. The summed E-state index contributed by atoms with van der Waals surface area (Å²) in [6, 6.07) is 14.1. The third-order valence-electron chi connectivity index (χ3n) is 5.22. The molecule has 148 valence electrons. The van der Waals surface area contributed by atoms with Gasteiger partial charge in [-0.15, -0.1) is 11.3 Å². The predicted molar refractivity (Wildman–Crippen MR) is 118 cm³/mol. The fourth-order valence-corrected chi connectivity index (χ4v) is 5.35. The van der Waals surface area contributed by atoms with Gasteiger partial charge in [-0.1, -0.05) is 35.6 Å². The second kappa shape index (κ2) is 7.61. The number of aryl methyl sites for hydroxylation is 1. The van der Waals surface area contributed by atoms with Gasteiger partial charge in [-0.3, -0.25) is 4.79 Å². The summed E-state index contributed by atoms with van der Waals surface area (Å²) in [5, 5.41) is 10.8. The lowest BCUT2D eigenvalue weighted by Crippen LogP contribution is -2.44. The first-order chi connectivity index (χ1) is 14.2. The number of amides is 1. The number of nitrogens with one attached hydrogen (secondary N) is 1. The third-order valence-corrected chi connectivity index (χ3v) is 7.31. The molecule has 1 aliphatic heterocycles. The summed E-state index contributed by atoms with van der Waals surface area (Å²) >= 11 is 3.19. The first kappa shape index (κ1) is 18.3. The number of hydrogen-bond acceptors (Lipinski definition) is 6. The Hall–Kier alpha value is -2.71. The van der Waals surface area contributed by atoms with Crippen LogP contribution >= 0.6 is 22.7 Å². The van der Waals surface area contributed by atoms with Gasteiger partial charge in [0.2, 0.25) is 0 Å². The van der Waals surface area contributed by atoms with Crippen molar-refractivity contribution in [2.24, 2.45) is 0 Å². The highest BCUT2D eigenvalue weighted by molar-refractivity contribution is 7.22. The van der Waals surface area contributed by atoms with Gasteiger partial charge < -0.3 is 10.2 Å². The van der Waals surface area contributed by atoms with Crippen LogP contribution in [0.4, 0.5) is 5.13 Å². The maximum atomic E-state index is 12.3. The number of nitrogens with zero attached hydrogens (tertiary/aromatic N) is 4. The van der Waals surface area contributed by atoms with Crippen LogP contribution in [0.1, 0.15) is 28.2 Å². The topological polar surface area (TPSA) is 63.1 Å². The van der Waals surface area contributed by atoms with Crippen LogP contribution in [0.5, 0.6) is 0 Å². The van der Waals surface area contributed by atoms with Gasteiger partial charge >= 0.3 is 0 Å². The summed E-state index contributed by atoms with van der Waals surface area (Å²) in [6.07, 6.45) is 1.85. The number of thiazole rings is 1. The molecule has 29 heavy (non-hydrogen) atoms. The molecule has 4 aromatic rings. The average Bonchev–Trinajstić information content (AvgIpc) is 3.48. The zero-order valence-corrected chi connectivity index (χ0v) is 17.7. The van der Waals surface area contributed by atoms with Crippen LogP contribution in [-0.4, -0.2) is 39.8 Å². The highest BCUT2D eigenvalue weighted by Crippen LogP contribution is 2.33. The van der Waals surface area contributed by atoms with Gasteiger partial charge in [-0.25, -0.2) is 4.68 Å². The van der Waals surface area contributed by atoms with Crippen molar-refractivity contribution < 1.29 is 4.79 Å². The Morgan fingerprint density at radius 3 is 2.66 bits per heavy atom. The molecular weight excluding hydrogens is 402 g/mol. The normalized spacial score (nSPS) is 15.1. The first-order valence-corrected chi connectivity index (χ1v) is 11.4. The first-order valence-electron chi connectivity index (χ1n) is 9.70. The van der Waals surface area contributed by atoms with Crippen molar-refractivity contribution in [1.29, 1.82) is 0 Å². The second-order valence-electron chi connectivity index (χ2n) is 7.19. The highest BCUT2D eigenvalue weighted by atomic mass is 32.1. The van der Waals surface area contributed by atoms with E-state index in [1.165, 1.54) is 11.3 Å². The minimum absolute atomic E-state index is 0.0389. The largest absolute Gasteiger partial charge is 0.348 e. The summed E-state index contributed by atoms with van der Waals surface area (Å²) in [4.78, 5) is 20.3. The molecule has 1 aromatic carbocycles. The summed E-state index contributed by atoms with van der Waals surface area (Å²) in [6.45, 7) is 3.82. The van der Waals surface area contributed by atoms with E-state index in [-0.39, 0.29) is 11.9 Å². The van der Waals surface area contributed by atoms with Gasteiger partial charge in [0.05, 0.1) is 21.0 Å². The van der Waals surface area contributed by atoms with E-state index in [1.807, 2.05) is 59.5 Å². The van der Waals surface area contributed by atoms with Gasteiger partial charge in [0.15, 0.2) is 10.8 Å². The number of fused-ring (bicyclic) bond motifs is 1. The molecule has 1 N–H and O–H groups in total. The van der Waals surface area contributed by atoms with Crippen LogP contribution in [0, 0.1) is 6.92 Å². The van der Waals surface area contributed by atoms with E-state index < -0.39 is 0 Å². The number of piperidine rings is 1. The Bertz CT molecular complexity index is 1120. The van der Waals surface area contributed by atoms with E-state index in [0.717, 1.165) is 57.7 Å². The maximum Gasteiger partial charge on any atom is 0.261 e. The molecule has 0 aliphatic carbocycles. The number of thiophene rings is 1. The molecule has 0 unspecified atom stereocenters. The third kappa shape index (κ3) is 3.54. The van der Waals surface area contributed by atoms with Crippen LogP contribution in [0.25, 0.3) is 16.0 Å². The van der Waals surface area contributed by atoms with E-state index in [2.05, 4.69) is 15.3 Å². The number of aromatic nitrogens is 3. The SMILES string of the molecule is Cc1nn(-c2ccccc2)c2nc(N3CCC(NC(=O)c4cccs4)CC3)sc12. The van der Waals surface area contributed by atoms with Crippen molar-refractivity contribution in [2.45, 2.75) is 25.8 Å². The molecule has 4 heterocycles. The van der Waals surface area contributed by atoms with E-state index in [0.29, 0.717) is 0 Å². The summed E-state index contributed by atoms with van der Waals surface area (Å²) in [5.41, 5.74) is 2.95. The Morgan fingerprint density at radius 1 is 1.14 bits per heavy atom. The van der Waals surface area contributed by atoms with Crippen molar-refractivity contribution >= 4 is 44.1 Å². The van der Waals surface area contributed by atoms with Crippen molar-refractivity contribution in [3.63, 3.8) is 0 Å². The number of benzene rings is 1. The summed E-state index contributed by atoms with van der Waals surface area (Å²) in [5.74, 6) is 0.0389. The van der Waals surface area contributed by atoms with Crippen molar-refractivity contribution in [3.05, 3.63) is 58.4 Å². The van der Waals surface area contributed by atoms with Crippen LogP contribution in [0.15, 0.2) is 47.8 Å². The molecule has 6 nitrogen and oxygen atoms in total. The van der Waals surface area contributed by atoms with Gasteiger partial charge in [0, 0.05) is 19.1 Å². The Labute approximate surface area is 176 Å². The number of rotatable bonds is 4. The molecular formula is C21H21N5OS2. The Morgan fingerprint density at radius 2 is 1.93 bits per heavy atom. The van der Waals surface area contributed by atoms with Crippen molar-refractivity contribution in [2.75, 3.05) is 18.0 Å². The van der Waals surface area contributed by atoms with Crippen molar-refractivity contribution in [3.8, 4) is 5.69 Å². The lowest BCUT2D eigenvalue weighted by molar-refractivity contribution is 0.0935. The molecule has 1 saturated heterocycles. The molecule has 1 fully saturated rings. The predicted octanol–water partition coefficient (Wildman–Crippen LogP) is 4.25. The minimum atomic E-state index is 0.0389. The van der Waals surface area contributed by atoms with E-state index >= 15 is 0 Å². The van der Waals surface area contributed by atoms with Gasteiger partial charge in [0.1, 0.15) is 0 Å². The fourth-order valence-electron chi connectivity index (χ4n) is 3.69. The lowest BCUT2D eigenvalue weighted by Gasteiger charge is -2.32. The average molecular weight is 424 g/mol.